The first-order valence-electron chi connectivity index (χ1n) is 8.60. The number of halogens is 2. The van der Waals surface area contributed by atoms with E-state index in [0.717, 1.165) is 42.5 Å². The molecule has 2 aromatic carbocycles. The number of carbonyl (C=O) groups is 1. The second kappa shape index (κ2) is 7.28. The number of ether oxygens (including phenoxy) is 1. The highest BCUT2D eigenvalue weighted by atomic mass is 19.1. The van der Waals surface area contributed by atoms with Crippen LogP contribution >= 0.6 is 0 Å². The number of carbonyl (C=O) groups excluding carboxylic acids is 1. The molecule has 3 aromatic rings. The van der Waals surface area contributed by atoms with Crippen LogP contribution in [-0.2, 0) is 4.74 Å². The second-order valence-electron chi connectivity index (χ2n) is 6.22. The van der Waals surface area contributed by atoms with Gasteiger partial charge in [-0.2, -0.15) is 0 Å². The van der Waals surface area contributed by atoms with Crippen LogP contribution in [0.1, 0.15) is 10.4 Å². The maximum absolute atomic E-state index is 13.9. The molecule has 0 radical (unpaired) electrons. The molecule has 1 fully saturated rings. The van der Waals surface area contributed by atoms with Gasteiger partial charge in [-0.3, -0.25) is 4.79 Å². The Balaban J connectivity index is 1.72. The number of fused-ring (bicyclic) bond motifs is 1. The van der Waals surface area contributed by atoms with E-state index in [9.17, 15) is 13.6 Å². The zero-order valence-corrected chi connectivity index (χ0v) is 14.4. The Kier molecular flexibility index (Phi) is 4.68. The van der Waals surface area contributed by atoms with Crippen molar-refractivity contribution in [2.75, 3.05) is 36.5 Å². The van der Waals surface area contributed by atoms with Crippen molar-refractivity contribution < 1.29 is 18.3 Å². The maximum atomic E-state index is 13.9. The molecule has 138 valence electrons. The molecular formula is C20H17F2N3O2. The van der Waals surface area contributed by atoms with E-state index in [2.05, 4.69) is 15.2 Å². The molecule has 4 rings (SSSR count). The number of anilines is 2. The maximum Gasteiger partial charge on any atom is 0.257 e. The fraction of sp³-hybridized carbons (Fsp3) is 0.200. The van der Waals surface area contributed by atoms with Crippen LogP contribution in [0.5, 0.6) is 0 Å². The summed E-state index contributed by atoms with van der Waals surface area (Å²) in [6, 6.07) is 10.3. The summed E-state index contributed by atoms with van der Waals surface area (Å²) in [6.07, 6.45) is 1.47. The van der Waals surface area contributed by atoms with Crippen molar-refractivity contribution in [3.8, 4) is 0 Å². The zero-order valence-electron chi connectivity index (χ0n) is 14.4. The van der Waals surface area contributed by atoms with Gasteiger partial charge in [0.1, 0.15) is 17.5 Å². The Morgan fingerprint density at radius 2 is 1.81 bits per heavy atom. The van der Waals surface area contributed by atoms with Gasteiger partial charge < -0.3 is 15.0 Å². The van der Waals surface area contributed by atoms with Crippen molar-refractivity contribution in [1.29, 1.82) is 0 Å². The van der Waals surface area contributed by atoms with Crippen LogP contribution in [0.25, 0.3) is 10.8 Å². The molecule has 1 saturated heterocycles. The van der Waals surface area contributed by atoms with Crippen LogP contribution in [0.2, 0.25) is 0 Å². The van der Waals surface area contributed by atoms with Crippen LogP contribution in [-0.4, -0.2) is 37.2 Å². The van der Waals surface area contributed by atoms with Crippen LogP contribution < -0.4 is 10.2 Å². The van der Waals surface area contributed by atoms with Crippen molar-refractivity contribution in [3.05, 3.63) is 65.9 Å². The molecule has 7 heteroatoms. The fourth-order valence-electron chi connectivity index (χ4n) is 3.17. The van der Waals surface area contributed by atoms with E-state index in [1.54, 1.807) is 0 Å². The first kappa shape index (κ1) is 17.4. The number of benzene rings is 2. The van der Waals surface area contributed by atoms with Gasteiger partial charge in [-0.15, -0.1) is 0 Å². The van der Waals surface area contributed by atoms with Gasteiger partial charge in [0.2, 0.25) is 0 Å². The SMILES string of the molecule is O=C(Nc1cc(F)ccc1F)c1cnc(N2CCOCC2)c2ccccc12. The minimum Gasteiger partial charge on any atom is -0.378 e. The molecule has 2 heterocycles. The largest absolute Gasteiger partial charge is 0.378 e. The summed E-state index contributed by atoms with van der Waals surface area (Å²) in [4.78, 5) is 19.3. The number of aromatic nitrogens is 1. The van der Waals surface area contributed by atoms with Gasteiger partial charge >= 0.3 is 0 Å². The summed E-state index contributed by atoms with van der Waals surface area (Å²) in [5, 5.41) is 3.95. The van der Waals surface area contributed by atoms with E-state index in [-0.39, 0.29) is 5.69 Å². The highest BCUT2D eigenvalue weighted by Gasteiger charge is 2.19. The summed E-state index contributed by atoms with van der Waals surface area (Å²) in [5.41, 5.74) is 0.0904. The standard InChI is InChI=1S/C20H17F2N3O2/c21-13-5-6-17(22)18(11-13)24-20(26)16-12-23-19(25-7-9-27-10-8-25)15-4-2-1-3-14(15)16/h1-6,11-12H,7-10H2,(H,24,26). The molecule has 0 atom stereocenters. The van der Waals surface area contributed by atoms with E-state index in [1.807, 2.05) is 24.3 Å². The van der Waals surface area contributed by atoms with E-state index in [4.69, 9.17) is 4.74 Å². The molecule has 27 heavy (non-hydrogen) atoms. The van der Waals surface area contributed by atoms with E-state index >= 15 is 0 Å². The monoisotopic (exact) mass is 369 g/mol. The predicted molar refractivity (Wildman–Crippen MR) is 99.1 cm³/mol. The van der Waals surface area contributed by atoms with Crippen molar-refractivity contribution in [2.45, 2.75) is 0 Å². The lowest BCUT2D eigenvalue weighted by Gasteiger charge is -2.29. The number of hydrogen-bond donors (Lipinski definition) is 1. The summed E-state index contributed by atoms with van der Waals surface area (Å²) in [6.45, 7) is 2.68. The fourth-order valence-corrected chi connectivity index (χ4v) is 3.17. The smallest absolute Gasteiger partial charge is 0.257 e. The number of nitrogens with one attached hydrogen (secondary N) is 1. The average molecular weight is 369 g/mol. The number of rotatable bonds is 3. The van der Waals surface area contributed by atoms with E-state index in [1.165, 1.54) is 6.20 Å². The quantitative estimate of drug-likeness (QED) is 0.766. The van der Waals surface area contributed by atoms with Crippen LogP contribution in [0.4, 0.5) is 20.3 Å². The van der Waals surface area contributed by atoms with Crippen molar-refractivity contribution in [3.63, 3.8) is 0 Å². The molecule has 0 saturated carbocycles. The third-order valence-corrected chi connectivity index (χ3v) is 4.51. The minimum atomic E-state index is -0.702. The van der Waals surface area contributed by atoms with E-state index < -0.39 is 17.5 Å². The summed E-state index contributed by atoms with van der Waals surface area (Å²) in [7, 11) is 0. The average Bonchev–Trinajstić information content (AvgIpc) is 2.70. The lowest BCUT2D eigenvalue weighted by atomic mass is 10.1. The molecule has 5 nitrogen and oxygen atoms in total. The summed E-state index contributed by atoms with van der Waals surface area (Å²) >= 11 is 0. The topological polar surface area (TPSA) is 54.5 Å². The first-order valence-corrected chi connectivity index (χ1v) is 8.60. The van der Waals surface area contributed by atoms with Crippen molar-refractivity contribution >= 4 is 28.2 Å². The minimum absolute atomic E-state index is 0.207. The zero-order chi connectivity index (χ0) is 18.8. The molecule has 1 aliphatic heterocycles. The van der Waals surface area contributed by atoms with Gasteiger partial charge in [0, 0.05) is 30.7 Å². The Morgan fingerprint density at radius 1 is 1.07 bits per heavy atom. The lowest BCUT2D eigenvalue weighted by molar-refractivity contribution is 0.102. The molecule has 0 bridgehead atoms. The normalized spacial score (nSPS) is 14.4. The molecule has 1 N–H and O–H groups in total. The highest BCUT2D eigenvalue weighted by molar-refractivity contribution is 6.14. The van der Waals surface area contributed by atoms with Gasteiger partial charge in [0.15, 0.2) is 0 Å². The number of amides is 1. The molecule has 0 spiro atoms. The van der Waals surface area contributed by atoms with Crippen LogP contribution in [0.3, 0.4) is 0 Å². The Labute approximate surface area is 154 Å². The summed E-state index contributed by atoms with van der Waals surface area (Å²) < 4.78 is 32.6. The van der Waals surface area contributed by atoms with Gasteiger partial charge in [0.25, 0.3) is 5.91 Å². The number of nitrogens with zero attached hydrogens (tertiary/aromatic N) is 2. The molecule has 0 aliphatic carbocycles. The first-order chi connectivity index (χ1) is 13.1. The van der Waals surface area contributed by atoms with Crippen LogP contribution in [0.15, 0.2) is 48.7 Å². The van der Waals surface area contributed by atoms with Gasteiger partial charge in [-0.05, 0) is 17.5 Å². The lowest BCUT2D eigenvalue weighted by Crippen LogP contribution is -2.37. The third kappa shape index (κ3) is 3.46. The van der Waals surface area contributed by atoms with Crippen LogP contribution in [0, 0.1) is 11.6 Å². The highest BCUT2D eigenvalue weighted by Crippen LogP contribution is 2.28. The molecule has 1 aromatic heterocycles. The summed E-state index contributed by atoms with van der Waals surface area (Å²) in [5.74, 6) is -1.09. The second-order valence-corrected chi connectivity index (χ2v) is 6.22. The predicted octanol–water partition coefficient (Wildman–Crippen LogP) is 3.60. The van der Waals surface area contributed by atoms with Crippen molar-refractivity contribution in [1.82, 2.24) is 4.98 Å². The van der Waals surface area contributed by atoms with E-state index in [0.29, 0.717) is 24.2 Å². The molecular weight excluding hydrogens is 352 g/mol. The molecule has 0 unspecified atom stereocenters. The molecule has 1 aliphatic rings. The Bertz CT molecular complexity index is 1000. The van der Waals surface area contributed by atoms with Crippen molar-refractivity contribution in [2.24, 2.45) is 0 Å². The number of pyridine rings is 1. The molecule has 1 amide bonds. The van der Waals surface area contributed by atoms with Gasteiger partial charge in [-0.1, -0.05) is 24.3 Å². The van der Waals surface area contributed by atoms with Gasteiger partial charge in [0.05, 0.1) is 24.5 Å². The van der Waals surface area contributed by atoms with Gasteiger partial charge in [-0.25, -0.2) is 13.8 Å². The Hall–Kier alpha value is -3.06. The third-order valence-electron chi connectivity index (χ3n) is 4.51. The number of hydrogen-bond acceptors (Lipinski definition) is 4. The Morgan fingerprint density at radius 3 is 2.59 bits per heavy atom. The number of morpholine rings is 1.